The number of thiophene rings is 1. The predicted octanol–water partition coefficient (Wildman–Crippen LogP) is 0.187. The second-order valence-corrected chi connectivity index (χ2v) is 3.81. The van der Waals surface area contributed by atoms with Crippen molar-refractivity contribution in [1.82, 2.24) is 0 Å². The summed E-state index contributed by atoms with van der Waals surface area (Å²) in [4.78, 5) is 12.0. The molecule has 1 aromatic heterocycles. The summed E-state index contributed by atoms with van der Waals surface area (Å²) in [5.41, 5.74) is 0. The van der Waals surface area contributed by atoms with Gasteiger partial charge in [-0.1, -0.05) is 6.07 Å². The standard InChI is InChI=1S/C9H12O4S/c10-5-7(11)6-13-9(12)4-8-2-1-3-14-8/h1-3,7,10-11H,4-6H2. The van der Waals surface area contributed by atoms with Crippen LogP contribution in [0.25, 0.3) is 0 Å². The van der Waals surface area contributed by atoms with E-state index in [9.17, 15) is 4.79 Å². The number of esters is 1. The molecule has 0 aliphatic carbocycles. The van der Waals surface area contributed by atoms with Gasteiger partial charge in [-0.2, -0.15) is 0 Å². The van der Waals surface area contributed by atoms with Gasteiger partial charge in [0.15, 0.2) is 0 Å². The molecular weight excluding hydrogens is 204 g/mol. The van der Waals surface area contributed by atoms with Crippen molar-refractivity contribution in [3.8, 4) is 0 Å². The summed E-state index contributed by atoms with van der Waals surface area (Å²) in [5, 5.41) is 19.3. The highest BCUT2D eigenvalue weighted by Crippen LogP contribution is 2.09. The maximum atomic E-state index is 11.1. The summed E-state index contributed by atoms with van der Waals surface area (Å²) in [6.07, 6.45) is -0.766. The van der Waals surface area contributed by atoms with Crippen LogP contribution in [0.2, 0.25) is 0 Å². The molecular formula is C9H12O4S. The minimum Gasteiger partial charge on any atom is -0.463 e. The molecule has 0 fully saturated rings. The van der Waals surface area contributed by atoms with Crippen molar-refractivity contribution in [3.63, 3.8) is 0 Å². The summed E-state index contributed by atoms with van der Waals surface area (Å²) in [6, 6.07) is 3.70. The highest BCUT2D eigenvalue weighted by Gasteiger charge is 2.08. The van der Waals surface area contributed by atoms with Crippen LogP contribution in [-0.2, 0) is 16.0 Å². The van der Waals surface area contributed by atoms with Crippen LogP contribution in [0.15, 0.2) is 17.5 Å². The number of ether oxygens (including phenoxy) is 1. The smallest absolute Gasteiger partial charge is 0.311 e. The quantitative estimate of drug-likeness (QED) is 0.689. The highest BCUT2D eigenvalue weighted by molar-refractivity contribution is 7.10. The van der Waals surface area contributed by atoms with Crippen molar-refractivity contribution in [3.05, 3.63) is 22.4 Å². The van der Waals surface area contributed by atoms with Crippen LogP contribution < -0.4 is 0 Å². The van der Waals surface area contributed by atoms with Crippen molar-refractivity contribution in [2.75, 3.05) is 13.2 Å². The van der Waals surface area contributed by atoms with E-state index in [1.807, 2.05) is 17.5 Å². The Kier molecular flexibility index (Phi) is 4.58. The molecule has 0 saturated heterocycles. The molecule has 78 valence electrons. The molecule has 0 aromatic carbocycles. The van der Waals surface area contributed by atoms with E-state index in [0.29, 0.717) is 0 Å². The van der Waals surface area contributed by atoms with Gasteiger partial charge in [-0.05, 0) is 11.4 Å². The average Bonchev–Trinajstić information content (AvgIpc) is 2.66. The Hall–Kier alpha value is -0.910. The van der Waals surface area contributed by atoms with Crippen LogP contribution in [0.4, 0.5) is 0 Å². The maximum Gasteiger partial charge on any atom is 0.311 e. The van der Waals surface area contributed by atoms with Crippen molar-refractivity contribution >= 4 is 17.3 Å². The number of carbonyl (C=O) groups is 1. The molecule has 0 amide bonds. The first kappa shape index (κ1) is 11.2. The molecule has 1 unspecified atom stereocenters. The van der Waals surface area contributed by atoms with E-state index < -0.39 is 12.7 Å². The third-order valence-corrected chi connectivity index (χ3v) is 2.42. The molecule has 4 nitrogen and oxygen atoms in total. The second-order valence-electron chi connectivity index (χ2n) is 2.78. The summed E-state index contributed by atoms with van der Waals surface area (Å²) in [5.74, 6) is -0.389. The number of rotatable bonds is 5. The van der Waals surface area contributed by atoms with E-state index in [0.717, 1.165) is 4.88 Å². The molecule has 1 aromatic rings. The van der Waals surface area contributed by atoms with E-state index in [4.69, 9.17) is 14.9 Å². The molecule has 0 radical (unpaired) electrons. The summed E-state index contributed by atoms with van der Waals surface area (Å²) >= 11 is 1.48. The molecule has 14 heavy (non-hydrogen) atoms. The van der Waals surface area contributed by atoms with Gasteiger partial charge in [0.1, 0.15) is 12.7 Å². The zero-order valence-corrected chi connectivity index (χ0v) is 8.37. The van der Waals surface area contributed by atoms with Gasteiger partial charge in [0.2, 0.25) is 0 Å². The molecule has 0 spiro atoms. The highest BCUT2D eigenvalue weighted by atomic mass is 32.1. The van der Waals surface area contributed by atoms with E-state index >= 15 is 0 Å². The molecule has 0 aliphatic rings. The average molecular weight is 216 g/mol. The lowest BCUT2D eigenvalue weighted by molar-refractivity contribution is -0.146. The van der Waals surface area contributed by atoms with Crippen LogP contribution in [0, 0.1) is 0 Å². The van der Waals surface area contributed by atoms with Crippen LogP contribution in [-0.4, -0.2) is 35.5 Å². The largest absolute Gasteiger partial charge is 0.463 e. The fraction of sp³-hybridized carbons (Fsp3) is 0.444. The van der Waals surface area contributed by atoms with Gasteiger partial charge >= 0.3 is 5.97 Å². The maximum absolute atomic E-state index is 11.1. The Bertz CT molecular complexity index is 270. The Morgan fingerprint density at radius 3 is 3.00 bits per heavy atom. The van der Waals surface area contributed by atoms with Crippen LogP contribution in [0.5, 0.6) is 0 Å². The topological polar surface area (TPSA) is 66.8 Å². The molecule has 0 saturated carbocycles. The second kappa shape index (κ2) is 5.74. The lowest BCUT2D eigenvalue weighted by atomic mass is 10.3. The minimum absolute atomic E-state index is 0.152. The first-order chi connectivity index (χ1) is 6.72. The van der Waals surface area contributed by atoms with Gasteiger partial charge in [-0.3, -0.25) is 4.79 Å². The van der Waals surface area contributed by atoms with Crippen LogP contribution in [0.1, 0.15) is 4.88 Å². The number of aliphatic hydroxyl groups is 2. The summed E-state index contributed by atoms with van der Waals surface area (Å²) < 4.78 is 4.73. The van der Waals surface area contributed by atoms with Crippen LogP contribution >= 0.6 is 11.3 Å². The molecule has 5 heteroatoms. The van der Waals surface area contributed by atoms with E-state index in [2.05, 4.69) is 0 Å². The van der Waals surface area contributed by atoms with Crippen molar-refractivity contribution in [2.24, 2.45) is 0 Å². The molecule has 1 rings (SSSR count). The van der Waals surface area contributed by atoms with Crippen molar-refractivity contribution < 1.29 is 19.7 Å². The first-order valence-corrected chi connectivity index (χ1v) is 5.07. The van der Waals surface area contributed by atoms with Crippen LogP contribution in [0.3, 0.4) is 0 Å². The van der Waals surface area contributed by atoms with Gasteiger partial charge < -0.3 is 14.9 Å². The molecule has 0 aliphatic heterocycles. The normalized spacial score (nSPS) is 12.4. The minimum atomic E-state index is -0.984. The van der Waals surface area contributed by atoms with Crippen molar-refractivity contribution in [1.29, 1.82) is 0 Å². The third-order valence-electron chi connectivity index (χ3n) is 1.55. The number of carbonyl (C=O) groups excluding carboxylic acids is 1. The molecule has 2 N–H and O–H groups in total. The number of hydrogen-bond donors (Lipinski definition) is 2. The SMILES string of the molecule is O=C(Cc1cccs1)OCC(O)CO. The first-order valence-electron chi connectivity index (χ1n) is 4.19. The molecule has 0 bridgehead atoms. The van der Waals surface area contributed by atoms with E-state index in [1.54, 1.807) is 0 Å². The summed E-state index contributed by atoms with van der Waals surface area (Å²) in [6.45, 7) is -0.549. The Morgan fingerprint density at radius 2 is 2.43 bits per heavy atom. The number of hydrogen-bond acceptors (Lipinski definition) is 5. The molecule has 1 heterocycles. The Morgan fingerprint density at radius 1 is 1.64 bits per heavy atom. The monoisotopic (exact) mass is 216 g/mol. The fourth-order valence-corrected chi connectivity index (χ4v) is 1.54. The summed E-state index contributed by atoms with van der Waals surface area (Å²) in [7, 11) is 0. The number of aliphatic hydroxyl groups excluding tert-OH is 2. The molecule has 1 atom stereocenters. The third kappa shape index (κ3) is 3.87. The lowest BCUT2D eigenvalue weighted by Gasteiger charge is -2.07. The van der Waals surface area contributed by atoms with E-state index in [1.165, 1.54) is 11.3 Å². The van der Waals surface area contributed by atoms with Gasteiger partial charge in [0, 0.05) is 4.88 Å². The zero-order valence-electron chi connectivity index (χ0n) is 7.55. The zero-order chi connectivity index (χ0) is 10.4. The lowest BCUT2D eigenvalue weighted by Crippen LogP contribution is -2.22. The van der Waals surface area contributed by atoms with Gasteiger partial charge in [-0.25, -0.2) is 0 Å². The van der Waals surface area contributed by atoms with Gasteiger partial charge in [0.05, 0.1) is 13.0 Å². The van der Waals surface area contributed by atoms with E-state index in [-0.39, 0.29) is 19.0 Å². The Balaban J connectivity index is 2.23. The Labute approximate surface area is 85.8 Å². The van der Waals surface area contributed by atoms with Gasteiger partial charge in [0.25, 0.3) is 0 Å². The predicted molar refractivity (Wildman–Crippen MR) is 52.1 cm³/mol. The van der Waals surface area contributed by atoms with Gasteiger partial charge in [-0.15, -0.1) is 11.3 Å². The van der Waals surface area contributed by atoms with Crippen molar-refractivity contribution in [2.45, 2.75) is 12.5 Å². The fourth-order valence-electron chi connectivity index (χ4n) is 0.848.